The Bertz CT molecular complexity index is 797. The summed E-state index contributed by atoms with van der Waals surface area (Å²) in [6.45, 7) is 18.7. The number of hydrogen-bond acceptors (Lipinski definition) is 5. The number of hydrogen-bond donors (Lipinski definition) is 1. The summed E-state index contributed by atoms with van der Waals surface area (Å²) in [4.78, 5) is 26.9. The summed E-state index contributed by atoms with van der Waals surface area (Å²) in [5.74, 6) is -0.0677. The zero-order valence-electron chi connectivity index (χ0n) is 20.4. The van der Waals surface area contributed by atoms with Crippen LogP contribution < -0.4 is 10.8 Å². The average molecular weight is 432 g/mol. The lowest BCUT2D eigenvalue weighted by molar-refractivity contribution is 0.00578. The van der Waals surface area contributed by atoms with Crippen LogP contribution in [0.4, 0.5) is 4.79 Å². The number of nitrogens with one attached hydrogen (secondary N) is 1. The molecule has 1 heterocycles. The molecule has 172 valence electrons. The molecule has 7 nitrogen and oxygen atoms in total. The topological polar surface area (TPSA) is 77.1 Å². The van der Waals surface area contributed by atoms with Crippen molar-refractivity contribution in [1.82, 2.24) is 10.2 Å². The van der Waals surface area contributed by atoms with Crippen molar-refractivity contribution >= 4 is 24.6 Å². The number of nitrogens with zero attached hydrogens (tertiary/aromatic N) is 1. The maximum Gasteiger partial charge on any atom is 0.494 e. The first-order chi connectivity index (χ1) is 14.2. The summed E-state index contributed by atoms with van der Waals surface area (Å²) in [5.41, 5.74) is 0.485. The molecule has 1 aliphatic rings. The number of ether oxygens (including phenoxy) is 1. The number of carbonyl (C=O) groups is 2. The summed E-state index contributed by atoms with van der Waals surface area (Å²) in [6, 6.07) is 5.52. The van der Waals surface area contributed by atoms with Crippen molar-refractivity contribution in [3.63, 3.8) is 0 Å². The highest BCUT2D eigenvalue weighted by molar-refractivity contribution is 6.62. The van der Waals surface area contributed by atoms with Crippen molar-refractivity contribution in [3.05, 3.63) is 29.3 Å². The van der Waals surface area contributed by atoms with Crippen LogP contribution in [-0.2, 0) is 20.6 Å². The van der Waals surface area contributed by atoms with Gasteiger partial charge in [-0.3, -0.25) is 4.79 Å². The van der Waals surface area contributed by atoms with E-state index >= 15 is 0 Å². The smallest absolute Gasteiger partial charge is 0.444 e. The van der Waals surface area contributed by atoms with Crippen molar-refractivity contribution in [1.29, 1.82) is 0 Å². The summed E-state index contributed by atoms with van der Waals surface area (Å²) in [6.07, 6.45) is -0.509. The lowest BCUT2D eigenvalue weighted by Crippen LogP contribution is -2.41. The van der Waals surface area contributed by atoms with Gasteiger partial charge in [-0.05, 0) is 85.5 Å². The first kappa shape index (κ1) is 25.2. The van der Waals surface area contributed by atoms with Crippen molar-refractivity contribution in [2.45, 2.75) is 85.7 Å². The van der Waals surface area contributed by atoms with Gasteiger partial charge < -0.3 is 24.3 Å². The average Bonchev–Trinajstić information content (AvgIpc) is 2.87. The minimum Gasteiger partial charge on any atom is -0.444 e. The number of benzene rings is 1. The van der Waals surface area contributed by atoms with E-state index in [0.29, 0.717) is 18.7 Å². The molecule has 1 N–H and O–H groups in total. The molecule has 0 atom stereocenters. The minimum atomic E-state index is -0.602. The maximum atomic E-state index is 13.0. The molecule has 0 spiro atoms. The van der Waals surface area contributed by atoms with Crippen LogP contribution in [0.15, 0.2) is 18.2 Å². The normalized spacial score (nSPS) is 17.4. The van der Waals surface area contributed by atoms with E-state index in [9.17, 15) is 9.59 Å². The molecule has 1 aromatic rings. The van der Waals surface area contributed by atoms with Crippen LogP contribution in [0.2, 0.25) is 0 Å². The Morgan fingerprint density at radius 3 is 2.06 bits per heavy atom. The highest BCUT2D eigenvalue weighted by Crippen LogP contribution is 2.36. The third-order valence-corrected chi connectivity index (χ3v) is 5.67. The first-order valence-corrected chi connectivity index (χ1v) is 10.9. The molecule has 1 fully saturated rings. The van der Waals surface area contributed by atoms with E-state index in [2.05, 4.69) is 5.32 Å². The third kappa shape index (κ3) is 6.23. The van der Waals surface area contributed by atoms with Gasteiger partial charge >= 0.3 is 13.2 Å². The van der Waals surface area contributed by atoms with Crippen LogP contribution in [-0.4, -0.2) is 53.9 Å². The Morgan fingerprint density at radius 1 is 1.03 bits per heavy atom. The fraction of sp³-hybridized carbons (Fsp3) is 0.652. The molecule has 2 rings (SSSR count). The molecule has 0 unspecified atom stereocenters. The first-order valence-electron chi connectivity index (χ1n) is 10.9. The van der Waals surface area contributed by atoms with Crippen LogP contribution in [0.25, 0.3) is 0 Å². The van der Waals surface area contributed by atoms with E-state index < -0.39 is 30.0 Å². The second-order valence-corrected chi connectivity index (χ2v) is 9.88. The molecule has 0 aromatic heterocycles. The molecule has 0 aliphatic carbocycles. The van der Waals surface area contributed by atoms with Gasteiger partial charge in [-0.25, -0.2) is 4.79 Å². The third-order valence-electron chi connectivity index (χ3n) is 5.67. The van der Waals surface area contributed by atoms with Crippen LogP contribution in [0.1, 0.15) is 78.2 Å². The van der Waals surface area contributed by atoms with Crippen LogP contribution >= 0.6 is 0 Å². The number of rotatable bonds is 6. The molecular formula is C23H37BN2O5. The molecule has 1 aliphatic heterocycles. The van der Waals surface area contributed by atoms with Crippen LogP contribution in [0.3, 0.4) is 0 Å². The Morgan fingerprint density at radius 2 is 1.58 bits per heavy atom. The van der Waals surface area contributed by atoms with E-state index in [4.69, 9.17) is 14.0 Å². The second-order valence-electron chi connectivity index (χ2n) is 9.88. The Hall–Kier alpha value is -2.06. The van der Waals surface area contributed by atoms with E-state index in [0.717, 1.165) is 11.0 Å². The van der Waals surface area contributed by atoms with Gasteiger partial charge in [-0.15, -0.1) is 0 Å². The van der Waals surface area contributed by atoms with E-state index in [-0.39, 0.29) is 12.5 Å². The van der Waals surface area contributed by atoms with Gasteiger partial charge in [0.25, 0.3) is 5.91 Å². The Balaban J connectivity index is 2.35. The van der Waals surface area contributed by atoms with Gasteiger partial charge in [0, 0.05) is 25.2 Å². The van der Waals surface area contributed by atoms with E-state index in [1.54, 1.807) is 11.0 Å². The molecule has 1 saturated heterocycles. The maximum absolute atomic E-state index is 13.0. The zero-order valence-corrected chi connectivity index (χ0v) is 20.4. The van der Waals surface area contributed by atoms with Gasteiger partial charge in [-0.2, -0.15) is 0 Å². The Kier molecular flexibility index (Phi) is 7.49. The molecule has 0 bridgehead atoms. The number of alkyl carbamates (subject to hydrolysis) is 1. The van der Waals surface area contributed by atoms with Gasteiger partial charge in [0.05, 0.1) is 11.2 Å². The van der Waals surface area contributed by atoms with Crippen molar-refractivity contribution in [2.75, 3.05) is 13.1 Å². The quantitative estimate of drug-likeness (QED) is 0.697. The van der Waals surface area contributed by atoms with Gasteiger partial charge in [-0.1, -0.05) is 6.07 Å². The van der Waals surface area contributed by atoms with Gasteiger partial charge in [0.1, 0.15) is 5.60 Å². The fourth-order valence-electron chi connectivity index (χ4n) is 3.24. The summed E-state index contributed by atoms with van der Waals surface area (Å²) >= 11 is 0. The summed E-state index contributed by atoms with van der Waals surface area (Å²) in [5, 5.41) is 2.76. The number of carbonyl (C=O) groups excluding carboxylic acids is 2. The monoisotopic (exact) mass is 432 g/mol. The predicted molar refractivity (Wildman–Crippen MR) is 122 cm³/mol. The largest absolute Gasteiger partial charge is 0.494 e. The lowest BCUT2D eigenvalue weighted by Gasteiger charge is -2.32. The highest BCUT2D eigenvalue weighted by Gasteiger charge is 2.51. The molecule has 8 heteroatoms. The Labute approximate surface area is 186 Å². The molecule has 2 amide bonds. The molecule has 1 aromatic carbocycles. The van der Waals surface area contributed by atoms with Gasteiger partial charge in [0.2, 0.25) is 0 Å². The van der Waals surface area contributed by atoms with E-state index in [1.807, 2.05) is 74.4 Å². The van der Waals surface area contributed by atoms with Crippen molar-refractivity contribution in [3.8, 4) is 0 Å². The van der Waals surface area contributed by atoms with E-state index in [1.165, 1.54) is 0 Å². The molecule has 0 saturated carbocycles. The molecular weight excluding hydrogens is 395 g/mol. The summed E-state index contributed by atoms with van der Waals surface area (Å²) in [7, 11) is -0.602. The fourth-order valence-corrected chi connectivity index (χ4v) is 3.24. The minimum absolute atomic E-state index is 0.0677. The van der Waals surface area contributed by atoms with Crippen LogP contribution in [0.5, 0.6) is 0 Å². The SMILES string of the molecule is CCN(CC)C(=O)c1cc(CNC(=O)OC(C)(C)C)cc(B2OC(C)(C)C(C)(C)O2)c1. The van der Waals surface area contributed by atoms with Gasteiger partial charge in [0.15, 0.2) is 0 Å². The second kappa shape index (κ2) is 9.21. The molecule has 0 radical (unpaired) electrons. The number of amides is 2. The molecule has 31 heavy (non-hydrogen) atoms. The van der Waals surface area contributed by atoms with Crippen LogP contribution in [0, 0.1) is 0 Å². The highest BCUT2D eigenvalue weighted by atomic mass is 16.7. The lowest BCUT2D eigenvalue weighted by atomic mass is 9.77. The standard InChI is InChI=1S/C23H37BN2O5/c1-10-26(11-2)19(27)17-12-16(15-25-20(28)29-21(3,4)5)13-18(14-17)24-30-22(6,7)23(8,9)31-24/h12-14H,10-11,15H2,1-9H3,(H,25,28). The predicted octanol–water partition coefficient (Wildman–Crippen LogP) is 3.49. The summed E-state index contributed by atoms with van der Waals surface area (Å²) < 4.78 is 17.7. The van der Waals surface area contributed by atoms with Crippen molar-refractivity contribution in [2.24, 2.45) is 0 Å². The zero-order chi connectivity index (χ0) is 23.6. The van der Waals surface area contributed by atoms with Crippen molar-refractivity contribution < 1.29 is 23.6 Å².